The van der Waals surface area contributed by atoms with Crippen molar-refractivity contribution in [1.82, 2.24) is 10.2 Å². The highest BCUT2D eigenvalue weighted by Crippen LogP contribution is 2.20. The Hall–Kier alpha value is -1.06. The van der Waals surface area contributed by atoms with Gasteiger partial charge in [-0.15, -0.1) is 0 Å². The molecule has 3 nitrogen and oxygen atoms in total. The Morgan fingerprint density at radius 3 is 2.75 bits per heavy atom. The molecule has 0 aromatic heterocycles. The van der Waals surface area contributed by atoms with E-state index in [1.165, 1.54) is 38.9 Å². The van der Waals surface area contributed by atoms with Crippen LogP contribution in [0.15, 0.2) is 24.3 Å². The van der Waals surface area contributed by atoms with Crippen molar-refractivity contribution < 1.29 is 5.11 Å². The van der Waals surface area contributed by atoms with Gasteiger partial charge in [-0.05, 0) is 76.0 Å². The standard InChI is InChI=1S/C17H28N2O/c1-3-9-19-10-7-15(8-11-19)13-18-14(2)16-5-4-6-17(20)12-16/h4-6,12,14-15,18,20H,3,7-11,13H2,1-2H3/t14-/m0/s1. The molecule has 1 fully saturated rings. The van der Waals surface area contributed by atoms with Gasteiger partial charge in [0.25, 0.3) is 0 Å². The SMILES string of the molecule is CCCN1CCC(CN[C@@H](C)c2cccc(O)c2)CC1. The lowest BCUT2D eigenvalue weighted by Crippen LogP contribution is -2.38. The molecule has 0 spiro atoms. The zero-order chi connectivity index (χ0) is 14.4. The summed E-state index contributed by atoms with van der Waals surface area (Å²) in [4.78, 5) is 2.58. The summed E-state index contributed by atoms with van der Waals surface area (Å²) in [6.07, 6.45) is 3.87. The maximum atomic E-state index is 9.53. The van der Waals surface area contributed by atoms with Gasteiger partial charge < -0.3 is 15.3 Å². The molecule has 1 aromatic carbocycles. The van der Waals surface area contributed by atoms with Crippen LogP contribution in [-0.2, 0) is 0 Å². The highest BCUT2D eigenvalue weighted by molar-refractivity contribution is 5.28. The molecule has 0 aliphatic carbocycles. The van der Waals surface area contributed by atoms with Crippen LogP contribution in [0.25, 0.3) is 0 Å². The molecule has 1 aliphatic rings. The van der Waals surface area contributed by atoms with Gasteiger partial charge in [0.1, 0.15) is 5.75 Å². The van der Waals surface area contributed by atoms with Gasteiger partial charge in [-0.25, -0.2) is 0 Å². The molecule has 20 heavy (non-hydrogen) atoms. The van der Waals surface area contributed by atoms with E-state index < -0.39 is 0 Å². The quantitative estimate of drug-likeness (QED) is 0.838. The Labute approximate surface area is 123 Å². The second-order valence-corrected chi connectivity index (χ2v) is 6.01. The Balaban J connectivity index is 1.73. The van der Waals surface area contributed by atoms with E-state index in [0.29, 0.717) is 11.8 Å². The molecule has 0 radical (unpaired) electrons. The third-order valence-electron chi connectivity index (χ3n) is 4.33. The van der Waals surface area contributed by atoms with Gasteiger partial charge in [0.2, 0.25) is 0 Å². The van der Waals surface area contributed by atoms with Crippen LogP contribution in [0, 0.1) is 5.92 Å². The van der Waals surface area contributed by atoms with Crippen LogP contribution in [0.2, 0.25) is 0 Å². The van der Waals surface area contributed by atoms with Crippen molar-refractivity contribution in [3.8, 4) is 5.75 Å². The fraction of sp³-hybridized carbons (Fsp3) is 0.647. The number of hydrogen-bond donors (Lipinski definition) is 2. The summed E-state index contributed by atoms with van der Waals surface area (Å²) in [5, 5.41) is 13.1. The van der Waals surface area contributed by atoms with Crippen LogP contribution in [0.4, 0.5) is 0 Å². The molecule has 1 heterocycles. The van der Waals surface area contributed by atoms with E-state index in [1.54, 1.807) is 6.07 Å². The van der Waals surface area contributed by atoms with Crippen LogP contribution in [0.5, 0.6) is 5.75 Å². The van der Waals surface area contributed by atoms with Gasteiger partial charge in [-0.3, -0.25) is 0 Å². The Morgan fingerprint density at radius 2 is 2.10 bits per heavy atom. The minimum atomic E-state index is 0.302. The molecule has 112 valence electrons. The van der Waals surface area contributed by atoms with Crippen LogP contribution in [-0.4, -0.2) is 36.2 Å². The average Bonchev–Trinajstić information content (AvgIpc) is 2.46. The number of phenolic OH excluding ortho intramolecular Hbond substituents is 1. The predicted molar refractivity (Wildman–Crippen MR) is 84.0 cm³/mol. The van der Waals surface area contributed by atoms with Gasteiger partial charge in [0.15, 0.2) is 0 Å². The Kier molecular flexibility index (Phi) is 5.86. The average molecular weight is 276 g/mol. The van der Waals surface area contributed by atoms with Crippen LogP contribution in [0.1, 0.15) is 44.7 Å². The Bertz CT molecular complexity index is 400. The van der Waals surface area contributed by atoms with Crippen molar-refractivity contribution in [2.24, 2.45) is 5.92 Å². The first-order chi connectivity index (χ1) is 9.69. The number of phenols is 1. The zero-order valence-corrected chi connectivity index (χ0v) is 12.8. The molecular formula is C17H28N2O. The van der Waals surface area contributed by atoms with Crippen molar-refractivity contribution in [3.05, 3.63) is 29.8 Å². The van der Waals surface area contributed by atoms with E-state index in [2.05, 4.69) is 30.1 Å². The molecule has 2 rings (SSSR count). The molecule has 2 N–H and O–H groups in total. The summed E-state index contributed by atoms with van der Waals surface area (Å²) in [5.41, 5.74) is 1.16. The monoisotopic (exact) mass is 276 g/mol. The maximum absolute atomic E-state index is 9.53. The van der Waals surface area contributed by atoms with Gasteiger partial charge in [-0.2, -0.15) is 0 Å². The lowest BCUT2D eigenvalue weighted by atomic mass is 9.96. The highest BCUT2D eigenvalue weighted by Gasteiger charge is 2.19. The first-order valence-electron chi connectivity index (χ1n) is 7.93. The lowest BCUT2D eigenvalue weighted by Gasteiger charge is -2.32. The number of likely N-dealkylation sites (tertiary alicyclic amines) is 1. The second-order valence-electron chi connectivity index (χ2n) is 6.01. The van der Waals surface area contributed by atoms with Crippen molar-refractivity contribution in [1.29, 1.82) is 0 Å². The van der Waals surface area contributed by atoms with E-state index in [9.17, 15) is 5.11 Å². The highest BCUT2D eigenvalue weighted by atomic mass is 16.3. The molecule has 1 aliphatic heterocycles. The number of nitrogens with zero attached hydrogens (tertiary/aromatic N) is 1. The predicted octanol–water partition coefficient (Wildman–Crippen LogP) is 3.16. The summed E-state index contributed by atoms with van der Waals surface area (Å²) in [5.74, 6) is 1.15. The normalized spacial score (nSPS) is 19.1. The molecule has 1 saturated heterocycles. The number of nitrogens with one attached hydrogen (secondary N) is 1. The first kappa shape index (κ1) is 15.3. The maximum Gasteiger partial charge on any atom is 0.115 e. The van der Waals surface area contributed by atoms with Crippen LogP contribution < -0.4 is 5.32 Å². The molecule has 1 aromatic rings. The van der Waals surface area contributed by atoms with E-state index in [1.807, 2.05) is 12.1 Å². The molecule has 1 atom stereocenters. The number of rotatable bonds is 6. The third kappa shape index (κ3) is 4.50. The minimum Gasteiger partial charge on any atom is -0.508 e. The second kappa shape index (κ2) is 7.65. The van der Waals surface area contributed by atoms with E-state index in [0.717, 1.165) is 18.0 Å². The number of aromatic hydroxyl groups is 1. The van der Waals surface area contributed by atoms with Crippen LogP contribution in [0.3, 0.4) is 0 Å². The molecule has 0 bridgehead atoms. The summed E-state index contributed by atoms with van der Waals surface area (Å²) in [6, 6.07) is 7.85. The number of benzene rings is 1. The van der Waals surface area contributed by atoms with Crippen molar-refractivity contribution in [2.75, 3.05) is 26.2 Å². The topological polar surface area (TPSA) is 35.5 Å². The van der Waals surface area contributed by atoms with E-state index in [4.69, 9.17) is 0 Å². The molecule has 0 unspecified atom stereocenters. The fourth-order valence-corrected chi connectivity index (χ4v) is 2.99. The summed E-state index contributed by atoms with van der Waals surface area (Å²) in [6.45, 7) is 9.25. The minimum absolute atomic E-state index is 0.302. The van der Waals surface area contributed by atoms with Gasteiger partial charge >= 0.3 is 0 Å². The third-order valence-corrected chi connectivity index (χ3v) is 4.33. The molecule has 0 amide bonds. The smallest absolute Gasteiger partial charge is 0.115 e. The van der Waals surface area contributed by atoms with Gasteiger partial charge in [0, 0.05) is 6.04 Å². The van der Waals surface area contributed by atoms with Crippen LogP contribution >= 0.6 is 0 Å². The van der Waals surface area contributed by atoms with Gasteiger partial charge in [0.05, 0.1) is 0 Å². The molecule has 0 saturated carbocycles. The summed E-state index contributed by atoms with van der Waals surface area (Å²) < 4.78 is 0. The van der Waals surface area contributed by atoms with Crippen molar-refractivity contribution >= 4 is 0 Å². The van der Waals surface area contributed by atoms with E-state index >= 15 is 0 Å². The summed E-state index contributed by atoms with van der Waals surface area (Å²) in [7, 11) is 0. The number of piperidine rings is 1. The van der Waals surface area contributed by atoms with Gasteiger partial charge in [-0.1, -0.05) is 19.1 Å². The number of hydrogen-bond acceptors (Lipinski definition) is 3. The molecule has 3 heteroatoms. The first-order valence-corrected chi connectivity index (χ1v) is 7.93. The fourth-order valence-electron chi connectivity index (χ4n) is 2.99. The zero-order valence-electron chi connectivity index (χ0n) is 12.8. The largest absolute Gasteiger partial charge is 0.508 e. The summed E-state index contributed by atoms with van der Waals surface area (Å²) >= 11 is 0. The van der Waals surface area contributed by atoms with Crippen molar-refractivity contribution in [2.45, 2.75) is 39.2 Å². The molecular weight excluding hydrogens is 248 g/mol. The van der Waals surface area contributed by atoms with E-state index in [-0.39, 0.29) is 0 Å². The van der Waals surface area contributed by atoms with Crippen molar-refractivity contribution in [3.63, 3.8) is 0 Å². The Morgan fingerprint density at radius 1 is 1.35 bits per heavy atom. The lowest BCUT2D eigenvalue weighted by molar-refractivity contribution is 0.181.